The summed E-state index contributed by atoms with van der Waals surface area (Å²) in [6.45, 7) is 1.16. The van der Waals surface area contributed by atoms with Crippen molar-refractivity contribution in [2.45, 2.75) is 56.0 Å². The number of aliphatic hydroxyl groups is 1. The number of ether oxygens (including phenoxy) is 1. The predicted molar refractivity (Wildman–Crippen MR) is 164 cm³/mol. The first-order valence-electron chi connectivity index (χ1n) is 14.1. The molecule has 2 fully saturated rings. The number of pyridine rings is 1. The average molecular weight is 713 g/mol. The molecule has 47 heavy (non-hydrogen) atoms. The molecule has 1 atom stereocenters. The molecule has 2 amide bonds. The minimum atomic E-state index is -4.55. The number of halogens is 3. The van der Waals surface area contributed by atoms with Crippen molar-refractivity contribution < 1.29 is 58.5 Å². The molecule has 1 saturated heterocycles. The number of carbonyl (C=O) groups is 2. The zero-order valence-corrected chi connectivity index (χ0v) is 27.5. The molecule has 2 heterocycles. The minimum absolute atomic E-state index is 0.0791. The fraction of sp³-hybridized carbons (Fsp3) is 0.536. The van der Waals surface area contributed by atoms with E-state index in [0.29, 0.717) is 43.8 Å². The molecule has 4 rings (SSSR count). The summed E-state index contributed by atoms with van der Waals surface area (Å²) in [7, 11) is -5.79. The van der Waals surface area contributed by atoms with Crippen LogP contribution in [0.5, 0.6) is 5.88 Å². The lowest BCUT2D eigenvalue weighted by atomic mass is 9.78. The number of hydrogen-bond acceptors (Lipinski definition) is 10. The maximum Gasteiger partial charge on any atom is 0.416 e. The Bertz CT molecular complexity index is 1520. The second-order valence-corrected chi connectivity index (χ2v) is 14.1. The lowest BCUT2D eigenvalue weighted by molar-refractivity contribution is -0.137. The van der Waals surface area contributed by atoms with Gasteiger partial charge in [0.1, 0.15) is 0 Å². The first-order valence-corrected chi connectivity index (χ1v) is 17.8. The predicted octanol–water partition coefficient (Wildman–Crippen LogP) is 1.87. The fourth-order valence-electron chi connectivity index (χ4n) is 5.13. The Balaban J connectivity index is 0.000000670. The molecular formula is C28H39F3N4O10S2. The van der Waals surface area contributed by atoms with Gasteiger partial charge in [-0.3, -0.25) is 23.6 Å². The van der Waals surface area contributed by atoms with E-state index in [4.69, 9.17) is 13.8 Å². The first-order chi connectivity index (χ1) is 21.6. The third-order valence-corrected chi connectivity index (χ3v) is 7.23. The van der Waals surface area contributed by atoms with Crippen LogP contribution in [0.2, 0.25) is 0 Å². The van der Waals surface area contributed by atoms with Gasteiger partial charge in [0.05, 0.1) is 37.3 Å². The normalized spacial score (nSPS) is 21.7. The topological polar surface area (TPSA) is 213 Å². The Morgan fingerprint density at radius 3 is 2.15 bits per heavy atom. The molecule has 1 aliphatic heterocycles. The third kappa shape index (κ3) is 14.9. The lowest BCUT2D eigenvalue weighted by Gasteiger charge is -2.39. The van der Waals surface area contributed by atoms with Gasteiger partial charge in [0.2, 0.25) is 11.8 Å². The first kappa shape index (κ1) is 39.8. The number of carbonyl (C=O) groups excluding carboxylic acids is 2. The number of alkyl halides is 3. The van der Waals surface area contributed by atoms with E-state index in [1.54, 1.807) is 19.4 Å². The van der Waals surface area contributed by atoms with Crippen LogP contribution in [-0.2, 0) is 36.8 Å². The molecule has 1 aromatic heterocycles. The molecule has 1 aliphatic carbocycles. The van der Waals surface area contributed by atoms with E-state index in [9.17, 15) is 44.7 Å². The van der Waals surface area contributed by atoms with Crippen molar-refractivity contribution in [1.29, 1.82) is 0 Å². The number of amides is 2. The summed E-state index contributed by atoms with van der Waals surface area (Å²) in [6, 6.07) is 7.89. The Morgan fingerprint density at radius 1 is 1.04 bits per heavy atom. The summed E-state index contributed by atoms with van der Waals surface area (Å²) in [5.74, 6) is -0.630. The Hall–Kier alpha value is -3.36. The fourth-order valence-corrected chi connectivity index (χ4v) is 5.13. The Labute approximate surface area is 271 Å². The largest absolute Gasteiger partial charge is 0.481 e. The molecule has 1 aromatic carbocycles. The summed E-state index contributed by atoms with van der Waals surface area (Å²) in [5, 5.41) is 16.4. The van der Waals surface area contributed by atoms with Crippen LogP contribution in [0, 0.1) is 0 Å². The van der Waals surface area contributed by atoms with Crippen LogP contribution in [0.1, 0.15) is 53.6 Å². The highest BCUT2D eigenvalue weighted by molar-refractivity contribution is 7.85. The summed E-state index contributed by atoms with van der Waals surface area (Å²) in [5.41, 5.74) is -1.21. The van der Waals surface area contributed by atoms with Crippen LogP contribution < -0.4 is 15.4 Å². The maximum absolute atomic E-state index is 12.9. The van der Waals surface area contributed by atoms with Crippen molar-refractivity contribution in [1.82, 2.24) is 20.5 Å². The van der Waals surface area contributed by atoms with E-state index in [1.165, 1.54) is 6.07 Å². The van der Waals surface area contributed by atoms with Gasteiger partial charge in [0.15, 0.2) is 0 Å². The van der Waals surface area contributed by atoms with Crippen LogP contribution in [0.4, 0.5) is 13.2 Å². The average Bonchev–Trinajstić information content (AvgIpc) is 3.42. The molecule has 0 spiro atoms. The Kier molecular flexibility index (Phi) is 14.1. The Morgan fingerprint density at radius 2 is 1.64 bits per heavy atom. The van der Waals surface area contributed by atoms with E-state index in [1.807, 2.05) is 6.07 Å². The van der Waals surface area contributed by atoms with Crippen LogP contribution in [0.25, 0.3) is 0 Å². The molecule has 0 bridgehead atoms. The highest BCUT2D eigenvalue weighted by Gasteiger charge is 2.39. The number of aromatic nitrogens is 1. The van der Waals surface area contributed by atoms with Crippen molar-refractivity contribution in [3.63, 3.8) is 0 Å². The van der Waals surface area contributed by atoms with E-state index in [-0.39, 0.29) is 18.2 Å². The van der Waals surface area contributed by atoms with Gasteiger partial charge >= 0.3 is 6.18 Å². The second kappa shape index (κ2) is 16.6. The number of nitrogens with one attached hydrogen (secondary N) is 2. The van der Waals surface area contributed by atoms with Crippen LogP contribution in [-0.4, -0.2) is 104 Å². The zero-order chi connectivity index (χ0) is 35.6. The number of hydrogen-bond donors (Lipinski definition) is 5. The molecule has 1 saturated carbocycles. The summed E-state index contributed by atoms with van der Waals surface area (Å²) in [4.78, 5) is 31.1. The van der Waals surface area contributed by atoms with Crippen molar-refractivity contribution in [2.75, 3.05) is 39.3 Å². The number of benzene rings is 1. The summed E-state index contributed by atoms with van der Waals surface area (Å²) in [6.07, 6.45) is 2.16. The van der Waals surface area contributed by atoms with Gasteiger partial charge in [0.25, 0.3) is 26.1 Å². The highest BCUT2D eigenvalue weighted by atomic mass is 32.2. The second-order valence-electron chi connectivity index (χ2n) is 11.1. The zero-order valence-electron chi connectivity index (χ0n) is 25.9. The van der Waals surface area contributed by atoms with E-state index >= 15 is 0 Å². The monoisotopic (exact) mass is 712 g/mol. The van der Waals surface area contributed by atoms with Gasteiger partial charge in [-0.1, -0.05) is 6.07 Å². The molecule has 0 unspecified atom stereocenters. The van der Waals surface area contributed by atoms with Crippen molar-refractivity contribution in [3.05, 3.63) is 59.3 Å². The molecule has 5 N–H and O–H groups in total. The molecule has 2 aromatic rings. The van der Waals surface area contributed by atoms with Gasteiger partial charge in [-0.2, -0.15) is 30.0 Å². The smallest absolute Gasteiger partial charge is 0.416 e. The van der Waals surface area contributed by atoms with Gasteiger partial charge in [0, 0.05) is 48.6 Å². The van der Waals surface area contributed by atoms with Crippen LogP contribution >= 0.6 is 0 Å². The van der Waals surface area contributed by atoms with Gasteiger partial charge in [-0.05, 0) is 56.4 Å². The quantitative estimate of drug-likeness (QED) is 0.261. The lowest BCUT2D eigenvalue weighted by Crippen LogP contribution is -2.45. The van der Waals surface area contributed by atoms with Crippen molar-refractivity contribution in [2.24, 2.45) is 0 Å². The van der Waals surface area contributed by atoms with Crippen LogP contribution in [0.15, 0.2) is 42.6 Å². The minimum Gasteiger partial charge on any atom is -0.481 e. The van der Waals surface area contributed by atoms with E-state index < -0.39 is 49.4 Å². The molecular weight excluding hydrogens is 673 g/mol. The van der Waals surface area contributed by atoms with E-state index in [2.05, 4.69) is 20.5 Å². The third-order valence-electron chi connectivity index (χ3n) is 7.23. The molecule has 14 nitrogen and oxygen atoms in total. The number of nitrogens with zero attached hydrogens (tertiary/aromatic N) is 2. The molecule has 0 radical (unpaired) electrons. The van der Waals surface area contributed by atoms with Crippen molar-refractivity contribution >= 4 is 32.1 Å². The number of rotatable bonds is 7. The maximum atomic E-state index is 12.9. The van der Waals surface area contributed by atoms with Crippen molar-refractivity contribution in [3.8, 4) is 5.88 Å². The highest BCUT2D eigenvalue weighted by Crippen LogP contribution is 2.39. The van der Waals surface area contributed by atoms with Gasteiger partial charge in [-0.15, -0.1) is 0 Å². The molecule has 19 heteroatoms. The number of likely N-dealkylation sites (tertiary alicyclic amines) is 1. The number of methoxy groups -OCH3 is 1. The summed E-state index contributed by atoms with van der Waals surface area (Å²) >= 11 is 0. The molecule has 264 valence electrons. The van der Waals surface area contributed by atoms with Gasteiger partial charge < -0.3 is 20.5 Å². The van der Waals surface area contributed by atoms with Crippen LogP contribution in [0.3, 0.4) is 0 Å². The standard InChI is InChI=1S/C26H31F3N4O4.2CH4O3S/c1-37-23-6-5-19(14-30-23)25(36)10-7-21(8-11-25)33-12-9-20(16-33)32-22(34)15-31-24(35)17-3-2-4-18(13-17)26(27,28)29;2*1-5(2,3)4/h2-6,13-14,20-21,36H,7-12,15-16H2,1H3,(H,31,35)(H,32,34);2*1H3,(H,2,3,4)/t20-,21-,25+;;/m1../s1. The van der Waals surface area contributed by atoms with Gasteiger partial charge in [-0.25, -0.2) is 4.98 Å². The SMILES string of the molecule is COc1ccc([C@]2(O)CC[C@@H](N3CC[C@@H](NC(=O)CNC(=O)c4cccc(C(F)(F)F)c4)C3)CC2)cn1.CS(=O)(=O)O.CS(=O)(=O)O. The summed E-state index contributed by atoms with van der Waals surface area (Å²) < 4.78 is 95.4. The van der Waals surface area contributed by atoms with E-state index in [0.717, 1.165) is 49.6 Å². The molecule has 2 aliphatic rings.